The van der Waals surface area contributed by atoms with Gasteiger partial charge in [-0.2, -0.15) is 0 Å². The van der Waals surface area contributed by atoms with Crippen molar-refractivity contribution in [3.05, 3.63) is 52.3 Å². The number of nitrogens with one attached hydrogen (secondary N) is 1. The Kier molecular flexibility index (Phi) is 5.22. The van der Waals surface area contributed by atoms with Crippen LogP contribution in [0.3, 0.4) is 0 Å². The van der Waals surface area contributed by atoms with E-state index in [1.54, 1.807) is 12.1 Å². The first-order valence-electron chi connectivity index (χ1n) is 10.4. The van der Waals surface area contributed by atoms with Crippen LogP contribution in [-0.2, 0) is 4.79 Å². The quantitative estimate of drug-likeness (QED) is 0.579. The highest BCUT2D eigenvalue weighted by molar-refractivity contribution is 6.30. The van der Waals surface area contributed by atoms with Crippen molar-refractivity contribution in [3.8, 4) is 5.69 Å². The maximum Gasteiger partial charge on any atom is 0.325 e. The van der Waals surface area contributed by atoms with Gasteiger partial charge in [0, 0.05) is 27.7 Å². The first-order chi connectivity index (χ1) is 14.2. The molecule has 2 fully saturated rings. The number of imide groups is 1. The van der Waals surface area contributed by atoms with Crippen LogP contribution in [0.25, 0.3) is 5.69 Å². The maximum absolute atomic E-state index is 13.2. The molecule has 1 aliphatic heterocycles. The Hall–Kier alpha value is -2.60. The smallest absolute Gasteiger partial charge is 0.323 e. The Bertz CT molecular complexity index is 1030. The van der Waals surface area contributed by atoms with Crippen molar-refractivity contribution in [3.63, 3.8) is 0 Å². The molecule has 7 heteroatoms. The second-order valence-electron chi connectivity index (χ2n) is 8.46. The minimum atomic E-state index is -0.851. The number of carbonyl (C=O) groups is 3. The zero-order valence-electron chi connectivity index (χ0n) is 17.5. The minimum Gasteiger partial charge on any atom is -0.323 e. The Morgan fingerprint density at radius 1 is 1.20 bits per heavy atom. The topological polar surface area (TPSA) is 71.4 Å². The van der Waals surface area contributed by atoms with E-state index < -0.39 is 11.6 Å². The van der Waals surface area contributed by atoms with Gasteiger partial charge in [-0.05, 0) is 62.9 Å². The highest BCUT2D eigenvalue weighted by atomic mass is 35.5. The summed E-state index contributed by atoms with van der Waals surface area (Å²) in [6.07, 6.45) is 3.49. The summed E-state index contributed by atoms with van der Waals surface area (Å²) in [6.45, 7) is 5.54. The van der Waals surface area contributed by atoms with Gasteiger partial charge in [0.15, 0.2) is 5.78 Å². The predicted octanol–water partition coefficient (Wildman–Crippen LogP) is 4.43. The summed E-state index contributed by atoms with van der Waals surface area (Å²) in [5, 5.41) is 3.55. The van der Waals surface area contributed by atoms with Gasteiger partial charge >= 0.3 is 6.03 Å². The summed E-state index contributed by atoms with van der Waals surface area (Å²) >= 11 is 5.99. The number of aromatic nitrogens is 1. The molecular weight excluding hydrogens is 402 g/mol. The molecule has 2 aromatic rings. The monoisotopic (exact) mass is 427 g/mol. The van der Waals surface area contributed by atoms with E-state index in [0.29, 0.717) is 17.0 Å². The van der Waals surface area contributed by atoms with Gasteiger partial charge in [0.2, 0.25) is 0 Å². The number of rotatable bonds is 4. The zero-order chi connectivity index (χ0) is 21.6. The molecule has 1 saturated heterocycles. The minimum absolute atomic E-state index is 0.0674. The molecule has 1 saturated carbocycles. The molecule has 2 aliphatic rings. The normalized spacial score (nSPS) is 23.9. The Morgan fingerprint density at radius 3 is 2.57 bits per heavy atom. The number of nitrogens with zero attached hydrogens (tertiary/aromatic N) is 2. The van der Waals surface area contributed by atoms with Crippen molar-refractivity contribution < 1.29 is 14.4 Å². The fraction of sp³-hybridized carbons (Fsp3) is 0.435. The maximum atomic E-state index is 13.2. The van der Waals surface area contributed by atoms with Crippen molar-refractivity contribution in [1.29, 1.82) is 0 Å². The summed E-state index contributed by atoms with van der Waals surface area (Å²) in [6, 6.07) is 8.73. The van der Waals surface area contributed by atoms with E-state index in [-0.39, 0.29) is 24.2 Å². The molecule has 1 spiro atoms. The fourth-order valence-corrected chi connectivity index (χ4v) is 5.03. The summed E-state index contributed by atoms with van der Waals surface area (Å²) in [7, 11) is 0. The number of benzene rings is 1. The van der Waals surface area contributed by atoms with Crippen molar-refractivity contribution in [2.24, 2.45) is 5.92 Å². The van der Waals surface area contributed by atoms with Gasteiger partial charge in [0.05, 0.1) is 6.54 Å². The van der Waals surface area contributed by atoms with Crippen LogP contribution in [0.15, 0.2) is 30.3 Å². The van der Waals surface area contributed by atoms with Crippen LogP contribution in [0.1, 0.15) is 54.4 Å². The summed E-state index contributed by atoms with van der Waals surface area (Å²) < 4.78 is 1.97. The van der Waals surface area contributed by atoms with E-state index in [1.807, 2.05) is 43.5 Å². The second-order valence-corrected chi connectivity index (χ2v) is 8.90. The lowest BCUT2D eigenvalue weighted by Crippen LogP contribution is -2.54. The van der Waals surface area contributed by atoms with E-state index in [4.69, 9.17) is 11.6 Å². The molecule has 30 heavy (non-hydrogen) atoms. The SMILES string of the molecule is Cc1cc(C(=O)CN2C(=O)N[C@@]3(CCCC[C@@H]3C)C2=O)c(C)n1-c1ccc(Cl)cc1. The number of aryl methyl sites for hydroxylation is 1. The van der Waals surface area contributed by atoms with Gasteiger partial charge < -0.3 is 9.88 Å². The lowest BCUT2D eigenvalue weighted by atomic mass is 9.73. The number of urea groups is 1. The van der Waals surface area contributed by atoms with Crippen LogP contribution in [0.4, 0.5) is 4.79 Å². The highest BCUT2D eigenvalue weighted by Gasteiger charge is 2.55. The third-order valence-electron chi connectivity index (χ3n) is 6.62. The van der Waals surface area contributed by atoms with Crippen LogP contribution in [0.5, 0.6) is 0 Å². The number of ketones is 1. The van der Waals surface area contributed by atoms with Crippen LogP contribution >= 0.6 is 11.6 Å². The molecule has 1 aromatic heterocycles. The van der Waals surface area contributed by atoms with E-state index >= 15 is 0 Å². The van der Waals surface area contributed by atoms with Crippen molar-refractivity contribution in [2.75, 3.05) is 6.54 Å². The summed E-state index contributed by atoms with van der Waals surface area (Å²) in [5.41, 5.74) is 2.23. The fourth-order valence-electron chi connectivity index (χ4n) is 4.90. The second kappa shape index (κ2) is 7.58. The summed E-state index contributed by atoms with van der Waals surface area (Å²) in [5.74, 6) is -0.440. The van der Waals surface area contributed by atoms with Gasteiger partial charge in [-0.15, -0.1) is 0 Å². The Labute approximate surface area is 181 Å². The first kappa shape index (κ1) is 20.7. The van der Waals surface area contributed by atoms with Crippen LogP contribution in [0, 0.1) is 19.8 Å². The molecule has 0 bridgehead atoms. The summed E-state index contributed by atoms with van der Waals surface area (Å²) in [4.78, 5) is 40.0. The molecule has 6 nitrogen and oxygen atoms in total. The first-order valence-corrected chi connectivity index (χ1v) is 10.7. The third kappa shape index (κ3) is 3.23. The molecule has 1 aromatic carbocycles. The van der Waals surface area contributed by atoms with Crippen molar-refractivity contribution in [2.45, 2.75) is 52.0 Å². The van der Waals surface area contributed by atoms with Gasteiger partial charge in [0.1, 0.15) is 5.54 Å². The van der Waals surface area contributed by atoms with E-state index in [2.05, 4.69) is 5.32 Å². The molecule has 0 radical (unpaired) electrons. The highest BCUT2D eigenvalue weighted by Crippen LogP contribution is 2.38. The number of hydrogen-bond acceptors (Lipinski definition) is 3. The van der Waals surface area contributed by atoms with Gasteiger partial charge in [0.25, 0.3) is 5.91 Å². The molecule has 3 amide bonds. The van der Waals surface area contributed by atoms with Gasteiger partial charge in [-0.1, -0.05) is 31.4 Å². The van der Waals surface area contributed by atoms with E-state index in [1.165, 1.54) is 0 Å². The predicted molar refractivity (Wildman–Crippen MR) is 115 cm³/mol. The van der Waals surface area contributed by atoms with Crippen LogP contribution < -0.4 is 5.32 Å². The Morgan fingerprint density at radius 2 is 1.90 bits per heavy atom. The average molecular weight is 428 g/mol. The Balaban J connectivity index is 1.59. The van der Waals surface area contributed by atoms with Gasteiger partial charge in [-0.3, -0.25) is 14.5 Å². The molecule has 1 N–H and O–H groups in total. The lowest BCUT2D eigenvalue weighted by molar-refractivity contribution is -0.133. The molecule has 2 atom stereocenters. The van der Waals surface area contributed by atoms with Crippen LogP contribution in [0.2, 0.25) is 5.02 Å². The van der Waals surface area contributed by atoms with E-state index in [9.17, 15) is 14.4 Å². The van der Waals surface area contributed by atoms with Crippen molar-refractivity contribution >= 4 is 29.3 Å². The number of amides is 3. The molecule has 158 valence electrons. The standard InChI is InChI=1S/C23H26ClN3O3/c1-14-6-4-5-11-23(14)21(29)26(22(30)25-23)13-20(28)19-12-15(2)27(16(19)3)18-9-7-17(24)8-10-18/h7-10,12,14H,4-6,11,13H2,1-3H3,(H,25,30)/t14-,23+/m0/s1. The number of hydrogen-bond donors (Lipinski definition) is 1. The van der Waals surface area contributed by atoms with E-state index in [0.717, 1.165) is 41.2 Å². The lowest BCUT2D eigenvalue weighted by Gasteiger charge is -2.36. The molecule has 1 aliphatic carbocycles. The number of carbonyl (C=O) groups excluding carboxylic acids is 3. The third-order valence-corrected chi connectivity index (χ3v) is 6.87. The zero-order valence-corrected chi connectivity index (χ0v) is 18.3. The number of halogens is 1. The number of Topliss-reactive ketones (excluding diaryl/α,β-unsaturated/α-hetero) is 1. The molecule has 2 heterocycles. The molecule has 0 unspecified atom stereocenters. The molecule has 4 rings (SSSR count). The van der Waals surface area contributed by atoms with Gasteiger partial charge in [-0.25, -0.2) is 4.79 Å². The van der Waals surface area contributed by atoms with Crippen molar-refractivity contribution in [1.82, 2.24) is 14.8 Å². The largest absolute Gasteiger partial charge is 0.325 e. The molecular formula is C23H26ClN3O3. The average Bonchev–Trinajstić information content (AvgIpc) is 3.13. The van der Waals surface area contributed by atoms with Crippen LogP contribution in [-0.4, -0.2) is 39.3 Å².